The maximum atomic E-state index is 13.1. The van der Waals surface area contributed by atoms with Crippen LogP contribution in [0.25, 0.3) is 11.3 Å². The monoisotopic (exact) mass is 445 g/mol. The highest BCUT2D eigenvalue weighted by Gasteiger charge is 2.10. The van der Waals surface area contributed by atoms with Gasteiger partial charge in [0.25, 0.3) is 11.5 Å². The minimum absolute atomic E-state index is 0.158. The Morgan fingerprint density at radius 2 is 1.79 bits per heavy atom. The summed E-state index contributed by atoms with van der Waals surface area (Å²) in [6, 6.07) is 18.2. The Balaban J connectivity index is 1.32. The summed E-state index contributed by atoms with van der Waals surface area (Å²) in [7, 11) is 0. The number of hydrogen-bond acceptors (Lipinski definition) is 6. The SMILES string of the molecule is O=C(NCCn1cnc(-c2ccc(F)cc2)cc1=O)c1cc(OCc2ccccc2)ncn1. The summed E-state index contributed by atoms with van der Waals surface area (Å²) >= 11 is 0. The molecule has 4 rings (SSSR count). The van der Waals surface area contributed by atoms with E-state index < -0.39 is 5.91 Å². The van der Waals surface area contributed by atoms with Crippen LogP contribution in [0.15, 0.2) is 84.2 Å². The molecule has 33 heavy (non-hydrogen) atoms. The summed E-state index contributed by atoms with van der Waals surface area (Å²) in [6.07, 6.45) is 2.66. The zero-order valence-corrected chi connectivity index (χ0v) is 17.5. The number of nitrogens with one attached hydrogen (secondary N) is 1. The molecule has 0 spiro atoms. The lowest BCUT2D eigenvalue weighted by Gasteiger charge is -2.09. The second-order valence-electron chi connectivity index (χ2n) is 7.08. The van der Waals surface area contributed by atoms with Gasteiger partial charge < -0.3 is 10.1 Å². The predicted molar refractivity (Wildman–Crippen MR) is 119 cm³/mol. The largest absolute Gasteiger partial charge is 0.473 e. The predicted octanol–water partition coefficient (Wildman–Crippen LogP) is 2.85. The van der Waals surface area contributed by atoms with Gasteiger partial charge in [-0.1, -0.05) is 30.3 Å². The third kappa shape index (κ3) is 5.85. The van der Waals surface area contributed by atoms with Crippen LogP contribution in [0.5, 0.6) is 5.88 Å². The summed E-state index contributed by atoms with van der Waals surface area (Å²) in [4.78, 5) is 37.0. The Hall–Kier alpha value is -4.40. The molecule has 1 amide bonds. The highest BCUT2D eigenvalue weighted by Crippen LogP contribution is 2.15. The average molecular weight is 445 g/mol. The Morgan fingerprint density at radius 3 is 2.55 bits per heavy atom. The van der Waals surface area contributed by atoms with Gasteiger partial charge in [-0.15, -0.1) is 0 Å². The van der Waals surface area contributed by atoms with Gasteiger partial charge in [-0.25, -0.2) is 19.3 Å². The molecule has 2 heterocycles. The van der Waals surface area contributed by atoms with E-state index in [9.17, 15) is 14.0 Å². The van der Waals surface area contributed by atoms with Crippen molar-refractivity contribution in [2.75, 3.05) is 6.54 Å². The first-order valence-electron chi connectivity index (χ1n) is 10.2. The molecule has 2 aromatic carbocycles. The number of carbonyl (C=O) groups excluding carboxylic acids is 1. The number of aromatic nitrogens is 4. The Labute approximate surface area is 188 Å². The molecular formula is C24H20FN5O3. The molecule has 0 atom stereocenters. The molecule has 9 heteroatoms. The fraction of sp³-hybridized carbons (Fsp3) is 0.125. The van der Waals surface area contributed by atoms with E-state index >= 15 is 0 Å². The quantitative estimate of drug-likeness (QED) is 0.448. The van der Waals surface area contributed by atoms with Crippen molar-refractivity contribution in [3.05, 3.63) is 107 Å². The van der Waals surface area contributed by atoms with Gasteiger partial charge >= 0.3 is 0 Å². The summed E-state index contributed by atoms with van der Waals surface area (Å²) in [5.41, 5.74) is 1.95. The van der Waals surface area contributed by atoms with Crippen molar-refractivity contribution in [2.45, 2.75) is 13.2 Å². The first-order valence-corrected chi connectivity index (χ1v) is 10.2. The molecule has 8 nitrogen and oxygen atoms in total. The van der Waals surface area contributed by atoms with E-state index in [0.717, 1.165) is 5.56 Å². The molecule has 0 radical (unpaired) electrons. The molecule has 0 aliphatic heterocycles. The third-order valence-corrected chi connectivity index (χ3v) is 4.76. The van der Waals surface area contributed by atoms with Crippen molar-refractivity contribution in [3.8, 4) is 17.1 Å². The van der Waals surface area contributed by atoms with Crippen molar-refractivity contribution in [1.29, 1.82) is 0 Å². The number of carbonyl (C=O) groups is 1. The maximum Gasteiger partial charge on any atom is 0.270 e. The maximum absolute atomic E-state index is 13.1. The zero-order valence-electron chi connectivity index (χ0n) is 17.5. The number of rotatable bonds is 8. The second kappa shape index (κ2) is 10.3. The molecule has 4 aromatic rings. The summed E-state index contributed by atoms with van der Waals surface area (Å²) in [5, 5.41) is 2.71. The first-order chi connectivity index (χ1) is 16.1. The van der Waals surface area contributed by atoms with Crippen LogP contribution >= 0.6 is 0 Å². The van der Waals surface area contributed by atoms with Crippen LogP contribution in [-0.4, -0.2) is 32.0 Å². The molecule has 0 unspecified atom stereocenters. The van der Waals surface area contributed by atoms with Crippen LogP contribution in [0.3, 0.4) is 0 Å². The van der Waals surface area contributed by atoms with Crippen molar-refractivity contribution >= 4 is 5.91 Å². The molecule has 0 aliphatic rings. The number of nitrogens with zero attached hydrogens (tertiary/aromatic N) is 4. The molecule has 0 bridgehead atoms. The van der Waals surface area contributed by atoms with E-state index in [4.69, 9.17) is 4.74 Å². The molecule has 166 valence electrons. The van der Waals surface area contributed by atoms with Crippen molar-refractivity contribution < 1.29 is 13.9 Å². The zero-order chi connectivity index (χ0) is 23.0. The lowest BCUT2D eigenvalue weighted by atomic mass is 10.1. The highest BCUT2D eigenvalue weighted by molar-refractivity contribution is 5.92. The van der Waals surface area contributed by atoms with Gasteiger partial charge in [-0.05, 0) is 29.8 Å². The number of amides is 1. The van der Waals surface area contributed by atoms with Gasteiger partial charge in [0.15, 0.2) is 0 Å². The number of hydrogen-bond donors (Lipinski definition) is 1. The average Bonchev–Trinajstić information content (AvgIpc) is 2.85. The Kier molecular flexibility index (Phi) is 6.79. The fourth-order valence-electron chi connectivity index (χ4n) is 3.03. The Bertz CT molecular complexity index is 1290. The van der Waals surface area contributed by atoms with E-state index in [1.807, 2.05) is 30.3 Å². The van der Waals surface area contributed by atoms with Crippen LogP contribution in [0.2, 0.25) is 0 Å². The summed E-state index contributed by atoms with van der Waals surface area (Å²) in [5.74, 6) is -0.483. The highest BCUT2D eigenvalue weighted by atomic mass is 19.1. The second-order valence-corrected chi connectivity index (χ2v) is 7.08. The lowest BCUT2D eigenvalue weighted by molar-refractivity contribution is 0.0946. The van der Waals surface area contributed by atoms with E-state index in [2.05, 4.69) is 20.3 Å². The lowest BCUT2D eigenvalue weighted by Crippen LogP contribution is -2.31. The topological polar surface area (TPSA) is 99.0 Å². The van der Waals surface area contributed by atoms with E-state index in [0.29, 0.717) is 17.9 Å². The van der Waals surface area contributed by atoms with Crippen molar-refractivity contribution in [1.82, 2.24) is 24.8 Å². The third-order valence-electron chi connectivity index (χ3n) is 4.76. The normalized spacial score (nSPS) is 10.6. The van der Waals surface area contributed by atoms with E-state index in [-0.39, 0.29) is 36.0 Å². The smallest absolute Gasteiger partial charge is 0.270 e. The number of ether oxygens (including phenoxy) is 1. The van der Waals surface area contributed by atoms with Crippen LogP contribution in [-0.2, 0) is 13.2 Å². The standard InChI is InChI=1S/C24H20FN5O3/c25-19-8-6-18(7-9-19)20-13-23(31)30(16-29-20)11-10-26-24(32)21-12-22(28-15-27-21)33-14-17-4-2-1-3-5-17/h1-9,12-13,15-16H,10-11,14H2,(H,26,32). The van der Waals surface area contributed by atoms with Gasteiger partial charge in [0.2, 0.25) is 5.88 Å². The van der Waals surface area contributed by atoms with Crippen molar-refractivity contribution in [3.63, 3.8) is 0 Å². The number of benzene rings is 2. The van der Waals surface area contributed by atoms with Gasteiger partial charge in [-0.2, -0.15) is 0 Å². The molecule has 0 aliphatic carbocycles. The fourth-order valence-corrected chi connectivity index (χ4v) is 3.03. The molecule has 2 aromatic heterocycles. The van der Waals surface area contributed by atoms with Crippen LogP contribution in [0, 0.1) is 5.82 Å². The molecule has 0 saturated carbocycles. The molecule has 0 fully saturated rings. The van der Waals surface area contributed by atoms with Crippen LogP contribution in [0.4, 0.5) is 4.39 Å². The van der Waals surface area contributed by atoms with E-state index in [1.165, 1.54) is 41.5 Å². The first kappa shape index (κ1) is 21.8. The molecule has 1 N–H and O–H groups in total. The van der Waals surface area contributed by atoms with Gasteiger partial charge in [-0.3, -0.25) is 14.2 Å². The van der Waals surface area contributed by atoms with E-state index in [1.54, 1.807) is 12.1 Å². The van der Waals surface area contributed by atoms with Gasteiger partial charge in [0.1, 0.15) is 24.4 Å². The van der Waals surface area contributed by atoms with Crippen molar-refractivity contribution in [2.24, 2.45) is 0 Å². The molecule has 0 saturated heterocycles. The van der Waals surface area contributed by atoms with Crippen LogP contribution in [0.1, 0.15) is 16.1 Å². The van der Waals surface area contributed by atoms with Gasteiger partial charge in [0, 0.05) is 30.8 Å². The van der Waals surface area contributed by atoms with Crippen LogP contribution < -0.4 is 15.6 Å². The van der Waals surface area contributed by atoms with Gasteiger partial charge in [0.05, 0.1) is 12.0 Å². The summed E-state index contributed by atoms with van der Waals surface area (Å²) in [6.45, 7) is 0.743. The summed E-state index contributed by atoms with van der Waals surface area (Å²) < 4.78 is 20.1. The minimum Gasteiger partial charge on any atom is -0.473 e. The minimum atomic E-state index is -0.411. The Morgan fingerprint density at radius 1 is 1.00 bits per heavy atom. The molecular weight excluding hydrogens is 425 g/mol. The number of halogens is 1.